The van der Waals surface area contributed by atoms with Crippen molar-refractivity contribution in [3.05, 3.63) is 58.2 Å². The van der Waals surface area contributed by atoms with Crippen molar-refractivity contribution in [1.29, 1.82) is 0 Å². The first-order chi connectivity index (χ1) is 29.6. The van der Waals surface area contributed by atoms with Gasteiger partial charge >= 0.3 is 12.0 Å². The Hall–Kier alpha value is -4.97. The standard InChI is InChI=1S/C45H61FN8O7S/c1-9-53-36-16-15-30-19-32(36)33(41(53)31-13-12-17-47-39(31)28(4)60-8)21-45(5,6)26-61-38(56)14-10-11-18-54(50-46)43(58)34(20-37-48-35(30)25-62-37)49-42(57)40(27(2)3)51(7)44(59)52-22-29(23-52)24-55/h12-13,15-17,19,25,27-29,34,40,50,55H,9-11,14,18,20-24,26H2,1-8H3,(H,49,57)/t28-,34-,40?/m0/s1. The van der Waals surface area contributed by atoms with E-state index in [0.29, 0.717) is 43.2 Å². The Morgan fingerprint density at radius 1 is 1.16 bits per heavy atom. The third-order valence-corrected chi connectivity index (χ3v) is 12.8. The van der Waals surface area contributed by atoms with Crippen LogP contribution in [0.3, 0.4) is 0 Å². The number of carbonyl (C=O) groups is 4. The molecule has 5 heterocycles. The van der Waals surface area contributed by atoms with E-state index in [1.807, 2.05) is 24.4 Å². The third kappa shape index (κ3) is 10.1. The minimum Gasteiger partial charge on any atom is -0.465 e. The molecule has 0 spiro atoms. The number of esters is 1. The molecule has 6 rings (SSSR count). The number of rotatable bonds is 10. The van der Waals surface area contributed by atoms with E-state index >= 15 is 0 Å². The zero-order valence-corrected chi connectivity index (χ0v) is 37.9. The predicted molar refractivity (Wildman–Crippen MR) is 235 cm³/mol. The fraction of sp³-hybridized carbons (Fsp3) is 0.556. The molecule has 1 unspecified atom stereocenters. The SMILES string of the molecule is CCn1c(-c2cccnc2[C@H](C)OC)c2c3cc(ccc31)-c1csc(n1)C[C@H](NC(=O)C(C(C)C)N(C)C(=O)N1CC(CO)C1)C(=O)N(NF)CCCCC(=O)OCC(C)(C)C2. The molecule has 3 atom stereocenters. The summed E-state index contributed by atoms with van der Waals surface area (Å²) in [6.07, 6.45) is 2.68. The maximum absolute atomic E-state index is 14.5. The fourth-order valence-corrected chi connectivity index (χ4v) is 9.38. The number of cyclic esters (lactones) is 1. The first-order valence-electron chi connectivity index (χ1n) is 21.4. The highest BCUT2D eigenvalue weighted by Gasteiger charge is 2.39. The molecule has 15 nitrogen and oxygen atoms in total. The van der Waals surface area contributed by atoms with Crippen LogP contribution < -0.4 is 11.0 Å². The topological polar surface area (TPSA) is 171 Å². The van der Waals surface area contributed by atoms with Crippen molar-refractivity contribution in [2.45, 2.75) is 98.4 Å². The zero-order chi connectivity index (χ0) is 44.9. The number of pyridine rings is 1. The highest BCUT2D eigenvalue weighted by atomic mass is 32.1. The summed E-state index contributed by atoms with van der Waals surface area (Å²) in [5, 5.41) is 16.6. The van der Waals surface area contributed by atoms with Crippen molar-refractivity contribution in [3.8, 4) is 22.5 Å². The van der Waals surface area contributed by atoms with Crippen LogP contribution in [0.25, 0.3) is 33.4 Å². The number of benzene rings is 1. The van der Waals surface area contributed by atoms with Crippen LogP contribution in [0.4, 0.5) is 9.28 Å². The van der Waals surface area contributed by atoms with Crippen LogP contribution in [-0.2, 0) is 43.2 Å². The van der Waals surface area contributed by atoms with Crippen molar-refractivity contribution in [3.63, 3.8) is 0 Å². The molecule has 2 aliphatic rings. The number of aromatic nitrogens is 3. The Balaban J connectivity index is 1.41. The number of likely N-dealkylation sites (tertiary alicyclic amines) is 1. The Kier molecular flexibility index (Phi) is 15.0. The van der Waals surface area contributed by atoms with Crippen LogP contribution in [-0.4, -0.2) is 117 Å². The number of aliphatic hydroxyl groups is 1. The van der Waals surface area contributed by atoms with Gasteiger partial charge in [0.2, 0.25) is 5.91 Å². The molecule has 1 aromatic carbocycles. The number of hydrazine groups is 1. The summed E-state index contributed by atoms with van der Waals surface area (Å²) in [5.41, 5.74) is 7.39. The lowest BCUT2D eigenvalue weighted by Crippen LogP contribution is -2.61. The number of urea groups is 1. The number of nitrogens with zero attached hydrogens (tertiary/aromatic N) is 6. The summed E-state index contributed by atoms with van der Waals surface area (Å²) in [5.74, 6) is -2.06. The van der Waals surface area contributed by atoms with Crippen LogP contribution in [0.2, 0.25) is 0 Å². The lowest BCUT2D eigenvalue weighted by molar-refractivity contribution is -0.147. The molecule has 4 amide bonds. The predicted octanol–water partition coefficient (Wildman–Crippen LogP) is 6.10. The van der Waals surface area contributed by atoms with Gasteiger partial charge in [0.25, 0.3) is 5.91 Å². The molecule has 1 fully saturated rings. The summed E-state index contributed by atoms with van der Waals surface area (Å²) in [6, 6.07) is 7.64. The highest BCUT2D eigenvalue weighted by molar-refractivity contribution is 7.10. The Morgan fingerprint density at radius 3 is 2.60 bits per heavy atom. The van der Waals surface area contributed by atoms with Gasteiger partial charge in [-0.1, -0.05) is 39.4 Å². The molecule has 62 heavy (non-hydrogen) atoms. The minimum absolute atomic E-state index is 0.0125. The second-order valence-electron chi connectivity index (χ2n) is 17.6. The lowest BCUT2D eigenvalue weighted by atomic mass is 9.84. The number of amides is 4. The molecule has 0 aliphatic carbocycles. The average molecular weight is 877 g/mol. The number of carbonyl (C=O) groups excluding carboxylic acids is 4. The van der Waals surface area contributed by atoms with Gasteiger partial charge in [-0.15, -0.1) is 15.8 Å². The molecule has 17 heteroatoms. The molecule has 3 N–H and O–H groups in total. The quantitative estimate of drug-likeness (QED) is 0.125. The van der Waals surface area contributed by atoms with Gasteiger partial charge < -0.3 is 34.3 Å². The maximum atomic E-state index is 14.5. The fourth-order valence-electron chi connectivity index (χ4n) is 8.53. The van der Waals surface area contributed by atoms with Gasteiger partial charge in [0.1, 0.15) is 12.1 Å². The van der Waals surface area contributed by atoms with Crippen molar-refractivity contribution in [2.75, 3.05) is 47.0 Å². The van der Waals surface area contributed by atoms with Gasteiger partial charge in [-0.25, -0.2) is 14.8 Å². The number of aliphatic hydroxyl groups excluding tert-OH is 1. The van der Waals surface area contributed by atoms with E-state index in [1.165, 1.54) is 21.9 Å². The van der Waals surface area contributed by atoms with E-state index in [-0.39, 0.29) is 63.0 Å². The molecule has 2 aliphatic heterocycles. The van der Waals surface area contributed by atoms with Crippen LogP contribution in [0, 0.1) is 17.3 Å². The number of halogens is 1. The van der Waals surface area contributed by atoms with Gasteiger partial charge in [0.15, 0.2) is 0 Å². The first-order valence-corrected chi connectivity index (χ1v) is 22.3. The molecule has 3 aromatic heterocycles. The van der Waals surface area contributed by atoms with E-state index in [9.17, 15) is 28.8 Å². The highest BCUT2D eigenvalue weighted by Crippen LogP contribution is 2.42. The van der Waals surface area contributed by atoms with Crippen LogP contribution >= 0.6 is 11.3 Å². The summed E-state index contributed by atoms with van der Waals surface area (Å²) >= 11 is 1.33. The summed E-state index contributed by atoms with van der Waals surface area (Å²) < 4.78 is 28.4. The van der Waals surface area contributed by atoms with Gasteiger partial charge in [-0.2, -0.15) is 0 Å². The van der Waals surface area contributed by atoms with Crippen molar-refractivity contribution >= 4 is 46.1 Å². The first kappa shape index (κ1) is 46.5. The lowest BCUT2D eigenvalue weighted by Gasteiger charge is -2.42. The summed E-state index contributed by atoms with van der Waals surface area (Å²) in [6.45, 7) is 13.3. The summed E-state index contributed by atoms with van der Waals surface area (Å²) in [7, 11) is 3.21. The normalized spacial score (nSPS) is 19.0. The largest absolute Gasteiger partial charge is 0.465 e. The van der Waals surface area contributed by atoms with Gasteiger partial charge in [0.05, 0.1) is 34.8 Å². The van der Waals surface area contributed by atoms with Gasteiger partial charge in [-0.05, 0) is 68.9 Å². The number of methoxy groups -OCH3 is 1. The number of hydrogen-bond donors (Lipinski definition) is 3. The Morgan fingerprint density at radius 2 is 1.92 bits per heavy atom. The summed E-state index contributed by atoms with van der Waals surface area (Å²) in [4.78, 5) is 67.4. The minimum atomic E-state index is -1.26. The van der Waals surface area contributed by atoms with E-state index in [0.717, 1.165) is 44.0 Å². The van der Waals surface area contributed by atoms with Crippen LogP contribution in [0.1, 0.15) is 83.2 Å². The molecular weight excluding hydrogens is 816 g/mol. The number of nitrogens with one attached hydrogen (secondary N) is 2. The smallest absolute Gasteiger partial charge is 0.320 e. The average Bonchev–Trinajstić information content (AvgIpc) is 3.82. The second kappa shape index (κ2) is 20.0. The number of likely N-dealkylation sites (N-methyl/N-ethyl adjacent to an activating group) is 1. The second-order valence-corrected chi connectivity index (χ2v) is 18.5. The van der Waals surface area contributed by atoms with Crippen molar-refractivity contribution in [2.24, 2.45) is 17.3 Å². The molecule has 0 radical (unpaired) electrons. The number of fused-ring (bicyclic) bond motifs is 4. The van der Waals surface area contributed by atoms with Crippen LogP contribution in [0.15, 0.2) is 41.9 Å². The molecule has 1 saturated heterocycles. The van der Waals surface area contributed by atoms with Crippen molar-refractivity contribution < 1.29 is 38.2 Å². The van der Waals surface area contributed by atoms with E-state index in [4.69, 9.17) is 19.4 Å². The number of aryl methyl sites for hydroxylation is 1. The zero-order valence-electron chi connectivity index (χ0n) is 37.1. The molecule has 336 valence electrons. The Labute approximate surface area is 366 Å². The molecule has 0 saturated carbocycles. The third-order valence-electron chi connectivity index (χ3n) is 11.9. The monoisotopic (exact) mass is 876 g/mol. The molecule has 4 bridgehead atoms. The number of ether oxygens (including phenoxy) is 2. The van der Waals surface area contributed by atoms with Crippen molar-refractivity contribution in [1.82, 2.24) is 40.3 Å². The molecule has 4 aromatic rings. The Bertz CT molecular complexity index is 2240. The van der Waals surface area contributed by atoms with Gasteiger partial charge in [0, 0.05) is 105 Å². The number of hydrogen-bond acceptors (Lipinski definition) is 11. The van der Waals surface area contributed by atoms with Gasteiger partial charge in [-0.3, -0.25) is 19.4 Å². The van der Waals surface area contributed by atoms with E-state index in [1.54, 1.807) is 39.1 Å². The van der Waals surface area contributed by atoms with E-state index < -0.39 is 35.3 Å². The molecular formula is C45H61FN8O7S. The maximum Gasteiger partial charge on any atom is 0.320 e. The van der Waals surface area contributed by atoms with Crippen LogP contribution in [0.5, 0.6) is 0 Å². The van der Waals surface area contributed by atoms with E-state index in [2.05, 4.69) is 48.9 Å². The number of thiazole rings is 1.